The highest BCUT2D eigenvalue weighted by molar-refractivity contribution is 5.50. The highest BCUT2D eigenvalue weighted by Crippen LogP contribution is 2.34. The van der Waals surface area contributed by atoms with Gasteiger partial charge in [0.05, 0.1) is 27.0 Å². The fraction of sp³-hybridized carbons (Fsp3) is 0.357. The number of aromatic nitrogens is 1. The van der Waals surface area contributed by atoms with E-state index in [1.165, 1.54) is 0 Å². The zero-order chi connectivity index (χ0) is 14.4. The number of hydrogen-bond acceptors (Lipinski definition) is 6. The summed E-state index contributed by atoms with van der Waals surface area (Å²) in [5, 5.41) is 7.11. The van der Waals surface area contributed by atoms with Crippen LogP contribution in [-0.2, 0) is 13.1 Å². The van der Waals surface area contributed by atoms with Crippen molar-refractivity contribution in [2.75, 3.05) is 21.3 Å². The molecule has 0 amide bonds. The highest BCUT2D eigenvalue weighted by atomic mass is 16.5. The highest BCUT2D eigenvalue weighted by Gasteiger charge is 2.11. The lowest BCUT2D eigenvalue weighted by atomic mass is 10.1. The van der Waals surface area contributed by atoms with Gasteiger partial charge in [-0.3, -0.25) is 0 Å². The third-order valence-corrected chi connectivity index (χ3v) is 2.90. The van der Waals surface area contributed by atoms with Crippen LogP contribution < -0.4 is 19.5 Å². The molecule has 6 nitrogen and oxygen atoms in total. The van der Waals surface area contributed by atoms with Gasteiger partial charge in [0.25, 0.3) is 0 Å². The summed E-state index contributed by atoms with van der Waals surface area (Å²) >= 11 is 0. The molecule has 0 fully saturated rings. The number of rotatable bonds is 7. The quantitative estimate of drug-likeness (QED) is 0.835. The lowest BCUT2D eigenvalue weighted by molar-refractivity contribution is 0.347. The summed E-state index contributed by atoms with van der Waals surface area (Å²) < 4.78 is 20.7. The van der Waals surface area contributed by atoms with Crippen LogP contribution in [0, 0.1) is 0 Å². The van der Waals surface area contributed by atoms with E-state index in [1.807, 2.05) is 18.2 Å². The second kappa shape index (κ2) is 6.81. The molecule has 1 aromatic heterocycles. The van der Waals surface area contributed by atoms with E-state index in [0.717, 1.165) is 17.0 Å². The molecule has 1 N–H and O–H groups in total. The molecular formula is C14H18N2O4. The van der Waals surface area contributed by atoms with Gasteiger partial charge in [-0.25, -0.2) is 0 Å². The number of benzene rings is 1. The van der Waals surface area contributed by atoms with Gasteiger partial charge in [0.15, 0.2) is 11.5 Å². The minimum atomic E-state index is 0.619. The second-order valence-electron chi connectivity index (χ2n) is 4.11. The first kappa shape index (κ1) is 14.2. The molecule has 6 heteroatoms. The predicted octanol–water partition coefficient (Wildman–Crippen LogP) is 1.99. The molecule has 0 bridgehead atoms. The first-order chi connectivity index (χ1) is 9.78. The Labute approximate surface area is 117 Å². The van der Waals surface area contributed by atoms with Gasteiger partial charge in [0.2, 0.25) is 0 Å². The van der Waals surface area contributed by atoms with Crippen molar-refractivity contribution >= 4 is 0 Å². The molecule has 0 aliphatic carbocycles. The number of hydrogen-bond donors (Lipinski definition) is 1. The Morgan fingerprint density at radius 3 is 2.30 bits per heavy atom. The smallest absolute Gasteiger partial charge is 0.164 e. The van der Waals surface area contributed by atoms with Gasteiger partial charge in [-0.05, 0) is 6.07 Å². The third-order valence-electron chi connectivity index (χ3n) is 2.90. The number of nitrogens with one attached hydrogen (secondary N) is 1. The van der Waals surface area contributed by atoms with Crippen LogP contribution in [0.2, 0.25) is 0 Å². The van der Waals surface area contributed by atoms with Crippen LogP contribution in [0.15, 0.2) is 29.0 Å². The standard InChI is InChI=1S/C14H18N2O4/c1-17-12-7-14(19-3)13(18-2)6-10(12)8-15-9-11-4-5-20-16-11/h4-7,15H,8-9H2,1-3H3. The summed E-state index contributed by atoms with van der Waals surface area (Å²) in [5.74, 6) is 2.06. The molecular weight excluding hydrogens is 260 g/mol. The Morgan fingerprint density at radius 1 is 1.00 bits per heavy atom. The molecule has 2 rings (SSSR count). The van der Waals surface area contributed by atoms with Crippen molar-refractivity contribution in [2.45, 2.75) is 13.1 Å². The molecule has 20 heavy (non-hydrogen) atoms. The molecule has 0 radical (unpaired) electrons. The van der Waals surface area contributed by atoms with E-state index in [9.17, 15) is 0 Å². The van der Waals surface area contributed by atoms with E-state index < -0.39 is 0 Å². The molecule has 0 aliphatic rings. The zero-order valence-electron chi connectivity index (χ0n) is 11.8. The van der Waals surface area contributed by atoms with Crippen LogP contribution in [-0.4, -0.2) is 26.5 Å². The fourth-order valence-corrected chi connectivity index (χ4v) is 1.88. The molecule has 0 atom stereocenters. The molecule has 0 aliphatic heterocycles. The maximum absolute atomic E-state index is 5.37. The summed E-state index contributed by atoms with van der Waals surface area (Å²) in [6, 6.07) is 5.53. The van der Waals surface area contributed by atoms with Crippen LogP contribution in [0.4, 0.5) is 0 Å². The normalized spacial score (nSPS) is 10.3. The van der Waals surface area contributed by atoms with Crippen molar-refractivity contribution in [3.63, 3.8) is 0 Å². The molecule has 2 aromatic rings. The van der Waals surface area contributed by atoms with Gasteiger partial charge in [-0.2, -0.15) is 0 Å². The van der Waals surface area contributed by atoms with Gasteiger partial charge in [-0.1, -0.05) is 5.16 Å². The fourth-order valence-electron chi connectivity index (χ4n) is 1.88. The van der Waals surface area contributed by atoms with E-state index in [0.29, 0.717) is 24.6 Å². The molecule has 108 valence electrons. The third kappa shape index (κ3) is 3.21. The topological polar surface area (TPSA) is 65.8 Å². The second-order valence-corrected chi connectivity index (χ2v) is 4.11. The SMILES string of the molecule is COc1cc(OC)c(OC)cc1CNCc1ccon1. The van der Waals surface area contributed by atoms with Crippen LogP contribution >= 0.6 is 0 Å². The largest absolute Gasteiger partial charge is 0.496 e. The Kier molecular flexibility index (Phi) is 4.84. The summed E-state index contributed by atoms with van der Waals surface area (Å²) in [6.45, 7) is 1.24. The van der Waals surface area contributed by atoms with E-state index >= 15 is 0 Å². The average Bonchev–Trinajstić information content (AvgIpc) is 2.99. The minimum absolute atomic E-state index is 0.619. The summed E-state index contributed by atoms with van der Waals surface area (Å²) in [7, 11) is 4.83. The first-order valence-electron chi connectivity index (χ1n) is 6.17. The summed E-state index contributed by atoms with van der Waals surface area (Å²) in [4.78, 5) is 0. The Balaban J connectivity index is 2.09. The first-order valence-corrected chi connectivity index (χ1v) is 6.17. The Hall–Kier alpha value is -2.21. The van der Waals surface area contributed by atoms with Gasteiger partial charge in [-0.15, -0.1) is 0 Å². The van der Waals surface area contributed by atoms with E-state index in [-0.39, 0.29) is 0 Å². The van der Waals surface area contributed by atoms with Gasteiger partial charge in [0, 0.05) is 30.8 Å². The van der Waals surface area contributed by atoms with E-state index in [2.05, 4.69) is 10.5 Å². The Bertz CT molecular complexity index is 540. The van der Waals surface area contributed by atoms with Crippen LogP contribution in [0.3, 0.4) is 0 Å². The van der Waals surface area contributed by atoms with Crippen molar-refractivity contribution in [3.8, 4) is 17.2 Å². The average molecular weight is 278 g/mol. The monoisotopic (exact) mass is 278 g/mol. The van der Waals surface area contributed by atoms with Crippen molar-refractivity contribution in [1.82, 2.24) is 10.5 Å². The number of ether oxygens (including phenoxy) is 3. The van der Waals surface area contributed by atoms with Crippen molar-refractivity contribution in [1.29, 1.82) is 0 Å². The predicted molar refractivity (Wildman–Crippen MR) is 73.1 cm³/mol. The van der Waals surface area contributed by atoms with Crippen molar-refractivity contribution in [3.05, 3.63) is 35.7 Å². The van der Waals surface area contributed by atoms with E-state index in [4.69, 9.17) is 18.7 Å². The zero-order valence-corrected chi connectivity index (χ0v) is 11.8. The molecule has 0 spiro atoms. The van der Waals surface area contributed by atoms with Gasteiger partial charge >= 0.3 is 0 Å². The lowest BCUT2D eigenvalue weighted by Gasteiger charge is -2.14. The van der Waals surface area contributed by atoms with Crippen LogP contribution in [0.25, 0.3) is 0 Å². The summed E-state index contributed by atoms with van der Waals surface area (Å²) in [5.41, 5.74) is 1.83. The van der Waals surface area contributed by atoms with Crippen molar-refractivity contribution in [2.24, 2.45) is 0 Å². The van der Waals surface area contributed by atoms with Crippen LogP contribution in [0.5, 0.6) is 17.2 Å². The number of methoxy groups -OCH3 is 3. The van der Waals surface area contributed by atoms with E-state index in [1.54, 1.807) is 27.6 Å². The molecule has 0 saturated heterocycles. The van der Waals surface area contributed by atoms with Gasteiger partial charge in [0.1, 0.15) is 12.0 Å². The minimum Gasteiger partial charge on any atom is -0.496 e. The van der Waals surface area contributed by atoms with Crippen LogP contribution in [0.1, 0.15) is 11.3 Å². The molecule has 0 saturated carbocycles. The molecule has 1 aromatic carbocycles. The lowest BCUT2D eigenvalue weighted by Crippen LogP contribution is -2.13. The van der Waals surface area contributed by atoms with Gasteiger partial charge < -0.3 is 24.1 Å². The molecule has 1 heterocycles. The Morgan fingerprint density at radius 2 is 1.70 bits per heavy atom. The number of nitrogens with zero attached hydrogens (tertiary/aromatic N) is 1. The maximum atomic E-state index is 5.37. The maximum Gasteiger partial charge on any atom is 0.164 e. The molecule has 0 unspecified atom stereocenters. The summed E-state index contributed by atoms with van der Waals surface area (Å²) in [6.07, 6.45) is 1.55. The van der Waals surface area contributed by atoms with Crippen molar-refractivity contribution < 1.29 is 18.7 Å².